The first-order valence-electron chi connectivity index (χ1n) is 5.30. The van der Waals surface area contributed by atoms with E-state index in [0.29, 0.717) is 0 Å². The summed E-state index contributed by atoms with van der Waals surface area (Å²) in [7, 11) is 0. The van der Waals surface area contributed by atoms with Crippen molar-refractivity contribution in [1.82, 2.24) is 0 Å². The fraction of sp³-hybridized carbons (Fsp3) is 1.00. The van der Waals surface area contributed by atoms with E-state index >= 15 is 0 Å². The minimum absolute atomic E-state index is 0. The smallest absolute Gasteiger partial charge is 0.0629 e. The summed E-state index contributed by atoms with van der Waals surface area (Å²) in [6, 6.07) is 0. The number of hydrogen-bond acceptors (Lipinski definition) is 7. The van der Waals surface area contributed by atoms with E-state index in [1.54, 1.807) is 0 Å². The monoisotopic (exact) mass is 318 g/mol. The van der Waals surface area contributed by atoms with Gasteiger partial charge in [0.15, 0.2) is 0 Å². The molecule has 0 aromatic rings. The molecule has 0 spiro atoms. The van der Waals surface area contributed by atoms with Gasteiger partial charge in [-0.1, -0.05) is 0 Å². The van der Waals surface area contributed by atoms with Gasteiger partial charge < -0.3 is 35.4 Å². The molecule has 106 valence electrons. The second kappa shape index (κ2) is 10.2. The third-order valence-corrected chi connectivity index (χ3v) is 2.83. The predicted molar refractivity (Wildman–Crippen MR) is 58.2 cm³/mol. The molecule has 0 radical (unpaired) electrons. The summed E-state index contributed by atoms with van der Waals surface area (Å²) in [6.45, 7) is -3.01. The van der Waals surface area contributed by atoms with Crippen LogP contribution >= 0.6 is 0 Å². The van der Waals surface area contributed by atoms with Crippen molar-refractivity contribution >= 4 is 0 Å². The molecule has 0 atom stereocenters. The van der Waals surface area contributed by atoms with Crippen LogP contribution in [-0.4, -0.2) is 83.5 Å². The van der Waals surface area contributed by atoms with E-state index in [1.807, 2.05) is 0 Å². The minimum atomic E-state index is -1.16. The maximum absolute atomic E-state index is 9.03. The van der Waals surface area contributed by atoms with Crippen LogP contribution < -0.4 is 0 Å². The van der Waals surface area contributed by atoms with Gasteiger partial charge in [-0.25, -0.2) is 0 Å². The topological polar surface area (TPSA) is 131 Å². The van der Waals surface area contributed by atoms with Gasteiger partial charge >= 0.3 is 0 Å². The number of hydrogen-bond donors (Lipinski definition) is 6. The first-order valence-corrected chi connectivity index (χ1v) is 5.30. The van der Waals surface area contributed by atoms with Crippen LogP contribution in [0.15, 0.2) is 0 Å². The first-order chi connectivity index (χ1) is 8.07. The normalized spacial score (nSPS) is 12.3. The Labute approximate surface area is 119 Å². The van der Waals surface area contributed by atoms with Crippen LogP contribution in [-0.2, 0) is 24.2 Å². The van der Waals surface area contributed by atoms with Gasteiger partial charge in [0.25, 0.3) is 0 Å². The summed E-state index contributed by atoms with van der Waals surface area (Å²) in [5, 5.41) is 54.2. The molecule has 18 heavy (non-hydrogen) atoms. The van der Waals surface area contributed by atoms with Crippen LogP contribution in [0.2, 0.25) is 0 Å². The zero-order valence-corrected chi connectivity index (χ0v) is 13.4. The molecule has 0 rings (SSSR count). The second-order valence-electron chi connectivity index (χ2n) is 4.44. The molecule has 8 heteroatoms. The summed E-state index contributed by atoms with van der Waals surface area (Å²) in [5.41, 5.74) is -2.32. The number of aliphatic hydroxyl groups is 6. The predicted octanol–water partition coefficient (Wildman–Crippen LogP) is -3.07. The van der Waals surface area contributed by atoms with E-state index in [9.17, 15) is 0 Å². The van der Waals surface area contributed by atoms with Crippen molar-refractivity contribution in [2.45, 2.75) is 0 Å². The molecule has 0 fully saturated rings. The Hall–Kier alpha value is 0.343. The Bertz CT molecular complexity index is 158. The minimum Gasteiger partial charge on any atom is -0.396 e. The van der Waals surface area contributed by atoms with E-state index in [0.717, 1.165) is 0 Å². The van der Waals surface area contributed by atoms with Gasteiger partial charge in [-0.05, 0) is 0 Å². The number of rotatable bonds is 10. The van der Waals surface area contributed by atoms with Crippen LogP contribution in [0, 0.1) is 10.8 Å². The molecule has 0 heterocycles. The molecule has 0 aliphatic carbocycles. The Morgan fingerprint density at radius 3 is 0.944 bits per heavy atom. The summed E-state index contributed by atoms with van der Waals surface area (Å²) < 4.78 is 5.15. The Balaban J connectivity index is 0. The second-order valence-corrected chi connectivity index (χ2v) is 4.44. The third kappa shape index (κ3) is 5.54. The van der Waals surface area contributed by atoms with Gasteiger partial charge in [0, 0.05) is 19.5 Å². The fourth-order valence-electron chi connectivity index (χ4n) is 1.06. The van der Waals surface area contributed by atoms with Gasteiger partial charge in [0.2, 0.25) is 0 Å². The summed E-state index contributed by atoms with van der Waals surface area (Å²) in [5.74, 6) is 0. The fourth-order valence-corrected chi connectivity index (χ4v) is 1.06. The van der Waals surface area contributed by atoms with E-state index in [-0.39, 0.29) is 32.7 Å². The first kappa shape index (κ1) is 20.7. The molecule has 0 unspecified atom stereocenters. The molecule has 0 aromatic heterocycles. The zero-order chi connectivity index (χ0) is 13.4. The van der Waals surface area contributed by atoms with E-state index in [4.69, 9.17) is 35.4 Å². The molecule has 0 amide bonds. The molecule has 6 N–H and O–H groups in total. The van der Waals surface area contributed by atoms with Crippen LogP contribution in [0.3, 0.4) is 0 Å². The molecule has 7 nitrogen and oxygen atoms in total. The molecule has 0 aromatic carbocycles. The average molecular weight is 320 g/mol. The van der Waals surface area contributed by atoms with Crippen molar-refractivity contribution in [3.05, 3.63) is 0 Å². The Morgan fingerprint density at radius 1 is 0.556 bits per heavy atom. The van der Waals surface area contributed by atoms with Gasteiger partial charge in [0.05, 0.1) is 63.7 Å². The van der Waals surface area contributed by atoms with Crippen molar-refractivity contribution in [2.75, 3.05) is 52.9 Å². The average Bonchev–Trinajstić information content (AvgIpc) is 2.41. The summed E-state index contributed by atoms with van der Waals surface area (Å²) in [4.78, 5) is 0. The molecule has 0 bridgehead atoms. The maximum Gasteiger partial charge on any atom is 0.0629 e. The quantitative estimate of drug-likeness (QED) is 0.236. The van der Waals surface area contributed by atoms with Crippen molar-refractivity contribution in [1.29, 1.82) is 0 Å². The molecule has 0 aliphatic rings. The number of ether oxygens (including phenoxy) is 1. The van der Waals surface area contributed by atoms with Crippen LogP contribution in [0.1, 0.15) is 0 Å². The van der Waals surface area contributed by atoms with Gasteiger partial charge in [-0.15, -0.1) is 0 Å². The van der Waals surface area contributed by atoms with Crippen LogP contribution in [0.25, 0.3) is 0 Å². The van der Waals surface area contributed by atoms with Crippen LogP contribution in [0.4, 0.5) is 0 Å². The number of aliphatic hydroxyl groups excluding tert-OH is 6. The van der Waals surface area contributed by atoms with Gasteiger partial charge in [-0.2, -0.15) is 0 Å². The van der Waals surface area contributed by atoms with E-state index in [2.05, 4.69) is 0 Å². The standard InChI is InChI=1S/C10H22O7.Zn/c11-1-9(2-12,3-13)7-17-8-10(4-14,5-15)6-16;/h11-16H,1-8H2;. The van der Waals surface area contributed by atoms with Gasteiger partial charge in [-0.3, -0.25) is 0 Å². The SMILES string of the molecule is OCC(CO)(CO)COCC(CO)(CO)CO.[Zn]. The summed E-state index contributed by atoms with van der Waals surface area (Å²) in [6.07, 6.45) is 0. The summed E-state index contributed by atoms with van der Waals surface area (Å²) >= 11 is 0. The molecule has 0 saturated heterocycles. The largest absolute Gasteiger partial charge is 0.396 e. The van der Waals surface area contributed by atoms with Gasteiger partial charge in [0.1, 0.15) is 0 Å². The van der Waals surface area contributed by atoms with Crippen molar-refractivity contribution < 1.29 is 54.9 Å². The van der Waals surface area contributed by atoms with Crippen molar-refractivity contribution in [3.63, 3.8) is 0 Å². The van der Waals surface area contributed by atoms with E-state index in [1.165, 1.54) is 0 Å². The van der Waals surface area contributed by atoms with Crippen LogP contribution in [0.5, 0.6) is 0 Å². The maximum atomic E-state index is 9.03. The molecular formula is C10H22O7Zn. The van der Waals surface area contributed by atoms with E-state index < -0.39 is 50.5 Å². The Kier molecular flexibility index (Phi) is 11.7. The zero-order valence-electron chi connectivity index (χ0n) is 10.5. The van der Waals surface area contributed by atoms with Crippen molar-refractivity contribution in [2.24, 2.45) is 10.8 Å². The third-order valence-electron chi connectivity index (χ3n) is 2.83. The molecular weight excluding hydrogens is 297 g/mol. The Morgan fingerprint density at radius 2 is 0.778 bits per heavy atom. The molecule has 0 aliphatic heterocycles. The molecule has 0 saturated carbocycles. The van der Waals surface area contributed by atoms with Crippen molar-refractivity contribution in [3.8, 4) is 0 Å².